The number of rotatable bonds is 3. The second-order valence-corrected chi connectivity index (χ2v) is 4.71. The van der Waals surface area contributed by atoms with Gasteiger partial charge in [0.05, 0.1) is 23.0 Å². The summed E-state index contributed by atoms with van der Waals surface area (Å²) in [5.41, 5.74) is 5.44. The van der Waals surface area contributed by atoms with E-state index in [9.17, 15) is 19.2 Å². The lowest BCUT2D eigenvalue weighted by molar-refractivity contribution is -0.170. The molecule has 1 aliphatic heterocycles. The molecular weight excluding hydrogens is 264 g/mol. The second-order valence-electron chi connectivity index (χ2n) is 4.71. The van der Waals surface area contributed by atoms with Gasteiger partial charge in [-0.05, 0) is 18.6 Å². The quantitative estimate of drug-likeness (QED) is 0.772. The number of fused-ring (bicyclic) bond motifs is 1. The molecule has 0 unspecified atom stereocenters. The monoisotopic (exact) mass is 274 g/mol. The van der Waals surface area contributed by atoms with Crippen LogP contribution in [0.4, 0.5) is 0 Å². The van der Waals surface area contributed by atoms with Crippen LogP contribution < -0.4 is 5.73 Å². The van der Waals surface area contributed by atoms with E-state index in [0.29, 0.717) is 5.06 Å². The van der Waals surface area contributed by atoms with Crippen LogP contribution >= 0.6 is 0 Å². The number of primary amides is 1. The molecule has 2 atom stereocenters. The Balaban J connectivity index is 1.74. The summed E-state index contributed by atoms with van der Waals surface area (Å²) in [6.45, 7) is 0. The van der Waals surface area contributed by atoms with Crippen molar-refractivity contribution >= 4 is 23.7 Å². The van der Waals surface area contributed by atoms with Gasteiger partial charge in [0, 0.05) is 0 Å². The van der Waals surface area contributed by atoms with Gasteiger partial charge in [0.25, 0.3) is 11.8 Å². The molecule has 1 fully saturated rings. The first kappa shape index (κ1) is 12.3. The lowest BCUT2D eigenvalue weighted by atomic mass is 10.1. The summed E-state index contributed by atoms with van der Waals surface area (Å²) >= 11 is 0. The highest BCUT2D eigenvalue weighted by Crippen LogP contribution is 2.39. The average molecular weight is 274 g/mol. The maximum Gasteiger partial charge on any atom is 0.337 e. The number of amides is 3. The Morgan fingerprint density at radius 3 is 2.10 bits per heavy atom. The van der Waals surface area contributed by atoms with Crippen molar-refractivity contribution in [3.05, 3.63) is 35.4 Å². The molecule has 1 aromatic rings. The number of nitrogens with zero attached hydrogens (tertiary/aromatic N) is 1. The van der Waals surface area contributed by atoms with Crippen molar-refractivity contribution in [2.45, 2.75) is 6.42 Å². The third-order valence-corrected chi connectivity index (χ3v) is 3.40. The number of hydrogen-bond acceptors (Lipinski definition) is 5. The van der Waals surface area contributed by atoms with Gasteiger partial charge in [-0.15, -0.1) is 0 Å². The third kappa shape index (κ3) is 1.75. The van der Waals surface area contributed by atoms with Crippen LogP contribution in [0.15, 0.2) is 24.3 Å². The largest absolute Gasteiger partial charge is 0.369 e. The van der Waals surface area contributed by atoms with Crippen molar-refractivity contribution in [2.24, 2.45) is 17.6 Å². The number of imide groups is 1. The van der Waals surface area contributed by atoms with E-state index >= 15 is 0 Å². The maximum absolute atomic E-state index is 11.9. The molecule has 3 rings (SSSR count). The predicted molar refractivity (Wildman–Crippen MR) is 63.8 cm³/mol. The Hall–Kier alpha value is -2.70. The Labute approximate surface area is 113 Å². The highest BCUT2D eigenvalue weighted by atomic mass is 16.7. The molecule has 2 N–H and O–H groups in total. The molecule has 7 nitrogen and oxygen atoms in total. The first-order valence-electron chi connectivity index (χ1n) is 5.99. The number of hydrogen-bond donors (Lipinski definition) is 1. The minimum Gasteiger partial charge on any atom is -0.369 e. The first-order chi connectivity index (χ1) is 9.50. The first-order valence-corrected chi connectivity index (χ1v) is 5.99. The Morgan fingerprint density at radius 1 is 1.10 bits per heavy atom. The standard InChI is InChI=1S/C13H10N2O5/c14-10(16)8-5-9(8)13(19)20-15-11(17)6-3-1-2-4-7(6)12(15)18/h1-4,8-9H,5H2,(H2,14,16)/t8-,9+/m0/s1. The third-order valence-electron chi connectivity index (χ3n) is 3.40. The molecule has 0 radical (unpaired) electrons. The summed E-state index contributed by atoms with van der Waals surface area (Å²) < 4.78 is 0. The van der Waals surface area contributed by atoms with Crippen LogP contribution in [0.1, 0.15) is 27.1 Å². The number of carbonyl (C=O) groups excluding carboxylic acids is 4. The zero-order chi connectivity index (χ0) is 14.4. The van der Waals surface area contributed by atoms with E-state index in [-0.39, 0.29) is 17.5 Å². The molecule has 20 heavy (non-hydrogen) atoms. The van der Waals surface area contributed by atoms with Gasteiger partial charge in [-0.3, -0.25) is 14.4 Å². The molecule has 0 aromatic heterocycles. The van der Waals surface area contributed by atoms with Crippen LogP contribution in [0.3, 0.4) is 0 Å². The van der Waals surface area contributed by atoms with E-state index in [2.05, 4.69) is 0 Å². The zero-order valence-corrected chi connectivity index (χ0v) is 10.2. The molecule has 2 aliphatic rings. The van der Waals surface area contributed by atoms with Gasteiger partial charge in [0.1, 0.15) is 0 Å². The fourth-order valence-electron chi connectivity index (χ4n) is 2.18. The van der Waals surface area contributed by atoms with Crippen LogP contribution in [-0.2, 0) is 14.4 Å². The molecule has 3 amide bonds. The molecule has 1 aromatic carbocycles. The molecule has 7 heteroatoms. The van der Waals surface area contributed by atoms with Gasteiger partial charge in [-0.1, -0.05) is 17.2 Å². The van der Waals surface area contributed by atoms with Gasteiger partial charge in [-0.2, -0.15) is 0 Å². The molecule has 0 saturated heterocycles. The second kappa shape index (κ2) is 4.16. The van der Waals surface area contributed by atoms with Crippen molar-refractivity contribution in [3.8, 4) is 0 Å². The number of benzene rings is 1. The summed E-state index contributed by atoms with van der Waals surface area (Å²) in [5, 5.41) is 0.434. The maximum atomic E-state index is 11.9. The van der Waals surface area contributed by atoms with E-state index in [4.69, 9.17) is 10.6 Å². The number of nitrogens with two attached hydrogens (primary N) is 1. The smallest absolute Gasteiger partial charge is 0.337 e. The highest BCUT2D eigenvalue weighted by Gasteiger charge is 2.50. The Morgan fingerprint density at radius 2 is 1.65 bits per heavy atom. The SMILES string of the molecule is NC(=O)[C@H]1C[C@H]1C(=O)ON1C(=O)c2ccccc2C1=O. The molecule has 0 bridgehead atoms. The minimum absolute atomic E-state index is 0.188. The van der Waals surface area contributed by atoms with E-state index in [1.165, 1.54) is 12.1 Å². The molecule has 102 valence electrons. The van der Waals surface area contributed by atoms with Crippen molar-refractivity contribution in [3.63, 3.8) is 0 Å². The van der Waals surface area contributed by atoms with E-state index in [1.807, 2.05) is 0 Å². The molecule has 0 spiro atoms. The van der Waals surface area contributed by atoms with Crippen molar-refractivity contribution in [1.29, 1.82) is 0 Å². The van der Waals surface area contributed by atoms with Crippen molar-refractivity contribution in [2.75, 3.05) is 0 Å². The summed E-state index contributed by atoms with van der Waals surface area (Å²) in [6, 6.07) is 6.18. The number of hydroxylamine groups is 2. The summed E-state index contributed by atoms with van der Waals surface area (Å²) in [7, 11) is 0. The van der Waals surface area contributed by atoms with E-state index in [0.717, 1.165) is 0 Å². The normalized spacial score (nSPS) is 23.5. The molecule has 1 saturated carbocycles. The average Bonchev–Trinajstić information content (AvgIpc) is 3.20. The fourth-order valence-corrected chi connectivity index (χ4v) is 2.18. The Kier molecular flexibility index (Phi) is 2.56. The van der Waals surface area contributed by atoms with E-state index in [1.54, 1.807) is 12.1 Å². The Bertz CT molecular complexity index is 619. The topological polar surface area (TPSA) is 107 Å². The van der Waals surface area contributed by atoms with Crippen LogP contribution in [0, 0.1) is 11.8 Å². The van der Waals surface area contributed by atoms with E-state index < -0.39 is 35.5 Å². The van der Waals surface area contributed by atoms with Gasteiger partial charge in [-0.25, -0.2) is 4.79 Å². The molecule has 1 aliphatic carbocycles. The van der Waals surface area contributed by atoms with Crippen molar-refractivity contribution < 1.29 is 24.0 Å². The van der Waals surface area contributed by atoms with Gasteiger partial charge in [0.15, 0.2) is 0 Å². The lowest BCUT2D eigenvalue weighted by Gasteiger charge is -2.12. The molecular formula is C13H10N2O5. The van der Waals surface area contributed by atoms with Crippen molar-refractivity contribution in [1.82, 2.24) is 5.06 Å². The molecule has 1 heterocycles. The summed E-state index contributed by atoms with van der Waals surface area (Å²) in [4.78, 5) is 51.3. The minimum atomic E-state index is -0.789. The highest BCUT2D eigenvalue weighted by molar-refractivity contribution is 6.20. The van der Waals surface area contributed by atoms with Crippen LogP contribution in [0.25, 0.3) is 0 Å². The van der Waals surface area contributed by atoms with Crippen LogP contribution in [-0.4, -0.2) is 28.8 Å². The number of carbonyl (C=O) groups is 4. The predicted octanol–water partition coefficient (Wildman–Crippen LogP) is -0.138. The van der Waals surface area contributed by atoms with Gasteiger partial charge in [0.2, 0.25) is 5.91 Å². The summed E-state index contributed by atoms with van der Waals surface area (Å²) in [6.07, 6.45) is 0.289. The van der Waals surface area contributed by atoms with Gasteiger partial charge >= 0.3 is 5.97 Å². The lowest BCUT2D eigenvalue weighted by Crippen LogP contribution is -2.33. The van der Waals surface area contributed by atoms with Crippen LogP contribution in [0.5, 0.6) is 0 Å². The van der Waals surface area contributed by atoms with Crippen LogP contribution in [0.2, 0.25) is 0 Å². The zero-order valence-electron chi connectivity index (χ0n) is 10.2. The summed E-state index contributed by atoms with van der Waals surface area (Å²) in [5.74, 6) is -3.99. The van der Waals surface area contributed by atoms with Gasteiger partial charge < -0.3 is 10.6 Å². The fraction of sp³-hybridized carbons (Fsp3) is 0.231.